The average Bonchev–Trinajstić information content (AvgIpc) is 2.51. The number of sulfonamides is 1. The molecular formula is C17H28N2O3S2. The maximum absolute atomic E-state index is 12.3. The van der Waals surface area contributed by atoms with E-state index in [-0.39, 0.29) is 16.9 Å². The van der Waals surface area contributed by atoms with Crippen molar-refractivity contribution in [1.29, 1.82) is 0 Å². The smallest absolute Gasteiger partial charge is 0.237 e. The summed E-state index contributed by atoms with van der Waals surface area (Å²) < 4.78 is 26.5. The number of rotatable bonds is 10. The van der Waals surface area contributed by atoms with Crippen LogP contribution >= 0.6 is 11.8 Å². The molecule has 0 fully saturated rings. The minimum absolute atomic E-state index is 0.0623. The second-order valence-corrected chi connectivity index (χ2v) is 9.05. The normalized spacial score (nSPS) is 12.7. The fraction of sp³-hybridized carbons (Fsp3) is 0.588. The minimum Gasteiger partial charge on any atom is -0.325 e. The largest absolute Gasteiger partial charge is 0.325 e. The molecular weight excluding hydrogens is 344 g/mol. The summed E-state index contributed by atoms with van der Waals surface area (Å²) in [6, 6.07) is 5.23. The van der Waals surface area contributed by atoms with Gasteiger partial charge in [0.15, 0.2) is 0 Å². The van der Waals surface area contributed by atoms with E-state index in [2.05, 4.69) is 17.0 Å². The van der Waals surface area contributed by atoms with Gasteiger partial charge < -0.3 is 5.32 Å². The molecule has 0 aliphatic carbocycles. The van der Waals surface area contributed by atoms with Crippen LogP contribution in [0.4, 0.5) is 11.4 Å². The van der Waals surface area contributed by atoms with Crippen molar-refractivity contribution in [2.75, 3.05) is 21.5 Å². The van der Waals surface area contributed by atoms with Crippen LogP contribution in [0.15, 0.2) is 18.2 Å². The van der Waals surface area contributed by atoms with Gasteiger partial charge in [0, 0.05) is 5.69 Å². The number of carbonyl (C=O) groups excluding carboxylic acids is 1. The average molecular weight is 373 g/mol. The van der Waals surface area contributed by atoms with Crippen molar-refractivity contribution in [3.8, 4) is 0 Å². The molecule has 0 saturated heterocycles. The summed E-state index contributed by atoms with van der Waals surface area (Å²) in [5.41, 5.74) is 1.86. The summed E-state index contributed by atoms with van der Waals surface area (Å²) >= 11 is 1.63. The van der Waals surface area contributed by atoms with E-state index in [9.17, 15) is 13.2 Å². The molecule has 1 aromatic carbocycles. The topological polar surface area (TPSA) is 75.3 Å². The van der Waals surface area contributed by atoms with Crippen LogP contribution in [0.25, 0.3) is 0 Å². The van der Waals surface area contributed by atoms with E-state index in [1.807, 2.05) is 13.8 Å². The lowest BCUT2D eigenvalue weighted by Crippen LogP contribution is -2.23. The zero-order valence-electron chi connectivity index (χ0n) is 14.9. The molecule has 1 amide bonds. The molecule has 1 unspecified atom stereocenters. The van der Waals surface area contributed by atoms with E-state index < -0.39 is 10.0 Å². The van der Waals surface area contributed by atoms with Gasteiger partial charge in [-0.1, -0.05) is 26.3 Å². The van der Waals surface area contributed by atoms with E-state index in [0.29, 0.717) is 17.8 Å². The zero-order chi connectivity index (χ0) is 18.2. The van der Waals surface area contributed by atoms with Gasteiger partial charge in [0.2, 0.25) is 15.9 Å². The van der Waals surface area contributed by atoms with Gasteiger partial charge in [-0.05, 0) is 50.1 Å². The number of carbonyl (C=O) groups is 1. The Bertz CT molecular complexity index is 645. The van der Waals surface area contributed by atoms with Crippen LogP contribution in [0, 0.1) is 6.92 Å². The van der Waals surface area contributed by atoms with Crippen LogP contribution in [0.2, 0.25) is 0 Å². The van der Waals surface area contributed by atoms with Gasteiger partial charge in [0.1, 0.15) is 0 Å². The van der Waals surface area contributed by atoms with Crippen LogP contribution < -0.4 is 10.0 Å². The molecule has 0 spiro atoms. The SMILES string of the molecule is CCCCSC(C)C(=O)Nc1cccc(NS(=O)(=O)CCC)c1C. The molecule has 2 N–H and O–H groups in total. The van der Waals surface area contributed by atoms with Crippen molar-refractivity contribution < 1.29 is 13.2 Å². The number of anilines is 2. The van der Waals surface area contributed by atoms with Gasteiger partial charge >= 0.3 is 0 Å². The van der Waals surface area contributed by atoms with Crippen molar-refractivity contribution in [2.45, 2.75) is 52.2 Å². The number of hydrogen-bond acceptors (Lipinski definition) is 4. The van der Waals surface area contributed by atoms with Crippen molar-refractivity contribution in [3.05, 3.63) is 23.8 Å². The van der Waals surface area contributed by atoms with E-state index in [1.165, 1.54) is 0 Å². The molecule has 1 aromatic rings. The van der Waals surface area contributed by atoms with Gasteiger partial charge in [-0.15, -0.1) is 11.8 Å². The van der Waals surface area contributed by atoms with Crippen LogP contribution in [-0.2, 0) is 14.8 Å². The molecule has 0 aliphatic heterocycles. The highest BCUT2D eigenvalue weighted by atomic mass is 32.2. The quantitative estimate of drug-likeness (QED) is 0.609. The molecule has 0 aliphatic rings. The fourth-order valence-corrected chi connectivity index (χ4v) is 4.30. The lowest BCUT2D eigenvalue weighted by molar-refractivity contribution is -0.115. The predicted molar refractivity (Wildman–Crippen MR) is 104 cm³/mol. The van der Waals surface area contributed by atoms with Crippen LogP contribution in [-0.4, -0.2) is 31.1 Å². The Hall–Kier alpha value is -1.21. The lowest BCUT2D eigenvalue weighted by atomic mass is 10.1. The molecule has 7 heteroatoms. The van der Waals surface area contributed by atoms with Gasteiger partial charge in [-0.3, -0.25) is 9.52 Å². The lowest BCUT2D eigenvalue weighted by Gasteiger charge is -2.16. The van der Waals surface area contributed by atoms with Crippen LogP contribution in [0.5, 0.6) is 0 Å². The molecule has 1 rings (SSSR count). The highest BCUT2D eigenvalue weighted by Gasteiger charge is 2.16. The van der Waals surface area contributed by atoms with Crippen molar-refractivity contribution >= 4 is 39.1 Å². The first kappa shape index (κ1) is 20.8. The standard InChI is InChI=1S/C17H28N2O3S2/c1-5-7-11-23-14(4)17(20)18-15-9-8-10-16(13(15)3)19-24(21,22)12-6-2/h8-10,14,19H,5-7,11-12H2,1-4H3,(H,18,20). The van der Waals surface area contributed by atoms with E-state index in [0.717, 1.165) is 24.2 Å². The van der Waals surface area contributed by atoms with Gasteiger partial charge in [0.05, 0.1) is 16.7 Å². The van der Waals surface area contributed by atoms with E-state index in [4.69, 9.17) is 0 Å². The monoisotopic (exact) mass is 372 g/mol. The third kappa shape index (κ3) is 6.73. The van der Waals surface area contributed by atoms with Gasteiger partial charge in [-0.25, -0.2) is 8.42 Å². The van der Waals surface area contributed by atoms with E-state index in [1.54, 1.807) is 36.9 Å². The number of hydrogen-bond donors (Lipinski definition) is 2. The third-order valence-corrected chi connectivity index (χ3v) is 6.28. The Morgan fingerprint density at radius 1 is 1.21 bits per heavy atom. The molecule has 5 nitrogen and oxygen atoms in total. The van der Waals surface area contributed by atoms with Gasteiger partial charge in [0.25, 0.3) is 0 Å². The summed E-state index contributed by atoms with van der Waals surface area (Å²) in [6.07, 6.45) is 2.76. The summed E-state index contributed by atoms with van der Waals surface area (Å²) in [4.78, 5) is 12.3. The fourth-order valence-electron chi connectivity index (χ4n) is 2.08. The van der Waals surface area contributed by atoms with Crippen molar-refractivity contribution in [1.82, 2.24) is 0 Å². The molecule has 1 atom stereocenters. The highest BCUT2D eigenvalue weighted by Crippen LogP contribution is 2.25. The summed E-state index contributed by atoms with van der Waals surface area (Å²) in [5, 5.41) is 2.76. The number of nitrogens with one attached hydrogen (secondary N) is 2. The molecule has 0 bridgehead atoms. The number of unbranched alkanes of at least 4 members (excludes halogenated alkanes) is 1. The molecule has 136 valence electrons. The molecule has 0 heterocycles. The summed E-state index contributed by atoms with van der Waals surface area (Å²) in [7, 11) is -3.35. The summed E-state index contributed by atoms with van der Waals surface area (Å²) in [6.45, 7) is 7.63. The Balaban J connectivity index is 2.80. The van der Waals surface area contributed by atoms with Crippen molar-refractivity contribution in [3.63, 3.8) is 0 Å². The summed E-state index contributed by atoms with van der Waals surface area (Å²) in [5.74, 6) is 0.975. The zero-order valence-corrected chi connectivity index (χ0v) is 16.5. The second kappa shape index (κ2) is 9.93. The Morgan fingerprint density at radius 3 is 2.50 bits per heavy atom. The number of amides is 1. The van der Waals surface area contributed by atoms with Crippen LogP contribution in [0.1, 0.15) is 45.6 Å². The molecule has 24 heavy (non-hydrogen) atoms. The maximum Gasteiger partial charge on any atom is 0.237 e. The minimum atomic E-state index is -3.35. The number of thioether (sulfide) groups is 1. The van der Waals surface area contributed by atoms with Crippen LogP contribution in [0.3, 0.4) is 0 Å². The van der Waals surface area contributed by atoms with Gasteiger partial charge in [-0.2, -0.15) is 0 Å². The Kier molecular flexibility index (Phi) is 8.62. The first-order chi connectivity index (χ1) is 11.3. The Morgan fingerprint density at radius 2 is 1.88 bits per heavy atom. The Labute approximate surface area is 150 Å². The second-order valence-electron chi connectivity index (χ2n) is 5.75. The third-order valence-electron chi connectivity index (χ3n) is 3.56. The molecule has 0 radical (unpaired) electrons. The highest BCUT2D eigenvalue weighted by molar-refractivity contribution is 8.00. The van der Waals surface area contributed by atoms with E-state index >= 15 is 0 Å². The first-order valence-corrected chi connectivity index (χ1v) is 11.0. The molecule has 0 aromatic heterocycles. The van der Waals surface area contributed by atoms with Crippen molar-refractivity contribution in [2.24, 2.45) is 0 Å². The first-order valence-electron chi connectivity index (χ1n) is 8.33. The number of benzene rings is 1. The maximum atomic E-state index is 12.3. The molecule has 0 saturated carbocycles. The predicted octanol–water partition coefficient (Wildman–Crippen LogP) is 4.01.